The molecule has 6 heteroatoms. The average molecular weight is 317 g/mol. The minimum Gasteiger partial charge on any atom is -0.375 e. The van der Waals surface area contributed by atoms with Crippen LogP contribution in [0.25, 0.3) is 0 Å². The number of hydrogen-bond acceptors (Lipinski definition) is 3. The van der Waals surface area contributed by atoms with Gasteiger partial charge in [-0.25, -0.2) is 4.39 Å². The van der Waals surface area contributed by atoms with Gasteiger partial charge in [0, 0.05) is 12.2 Å². The topological polar surface area (TPSA) is 50.4 Å². The number of halogens is 2. The number of hydrogen-bond donors (Lipinski definition) is 2. The van der Waals surface area contributed by atoms with Gasteiger partial charge in [0.15, 0.2) is 0 Å². The van der Waals surface area contributed by atoms with E-state index >= 15 is 0 Å². The minimum absolute atomic E-state index is 0.178. The van der Waals surface area contributed by atoms with Crippen molar-refractivity contribution in [3.63, 3.8) is 0 Å². The van der Waals surface area contributed by atoms with Gasteiger partial charge in [-0.2, -0.15) is 0 Å². The number of amides is 1. The normalized spacial score (nSPS) is 23.7. The molecule has 4 nitrogen and oxygen atoms in total. The fourth-order valence-electron chi connectivity index (χ4n) is 1.82. The molecule has 2 rings (SSSR count). The molecule has 18 heavy (non-hydrogen) atoms. The standard InChI is InChI=1S/C12H14BrFN2O2/c1-7-11(15-4-5-18-7)12(17)16-8-2-3-10(14)9(13)6-8/h2-3,6-7,11,15H,4-5H2,1H3,(H,16,17)/t7-,11+/m1/s1. The highest BCUT2D eigenvalue weighted by atomic mass is 79.9. The molecule has 1 amide bonds. The van der Waals surface area contributed by atoms with E-state index < -0.39 is 0 Å². The fourth-order valence-corrected chi connectivity index (χ4v) is 2.20. The van der Waals surface area contributed by atoms with Crippen molar-refractivity contribution < 1.29 is 13.9 Å². The second-order valence-electron chi connectivity index (χ2n) is 4.13. The van der Waals surface area contributed by atoms with Crippen molar-refractivity contribution in [2.45, 2.75) is 19.1 Å². The molecule has 0 radical (unpaired) electrons. The van der Waals surface area contributed by atoms with E-state index in [1.54, 1.807) is 0 Å². The van der Waals surface area contributed by atoms with Crippen LogP contribution >= 0.6 is 15.9 Å². The molecule has 0 spiro atoms. The molecule has 98 valence electrons. The number of morpholine rings is 1. The lowest BCUT2D eigenvalue weighted by atomic mass is 10.1. The van der Waals surface area contributed by atoms with Crippen LogP contribution in [0.5, 0.6) is 0 Å². The van der Waals surface area contributed by atoms with Crippen molar-refractivity contribution in [1.82, 2.24) is 5.32 Å². The maximum atomic E-state index is 13.1. The van der Waals surface area contributed by atoms with E-state index in [0.717, 1.165) is 0 Å². The second kappa shape index (κ2) is 5.77. The third-order valence-electron chi connectivity index (χ3n) is 2.79. The average Bonchev–Trinajstić information content (AvgIpc) is 2.34. The van der Waals surface area contributed by atoms with Crippen molar-refractivity contribution in [3.8, 4) is 0 Å². The molecule has 1 aromatic rings. The molecule has 1 fully saturated rings. The first-order chi connectivity index (χ1) is 8.58. The van der Waals surface area contributed by atoms with Gasteiger partial charge in [-0.15, -0.1) is 0 Å². The monoisotopic (exact) mass is 316 g/mol. The lowest BCUT2D eigenvalue weighted by Crippen LogP contribution is -2.53. The predicted molar refractivity (Wildman–Crippen MR) is 69.9 cm³/mol. The van der Waals surface area contributed by atoms with Crippen molar-refractivity contribution in [1.29, 1.82) is 0 Å². The van der Waals surface area contributed by atoms with Crippen molar-refractivity contribution in [3.05, 3.63) is 28.5 Å². The van der Waals surface area contributed by atoms with Gasteiger partial charge in [0.1, 0.15) is 11.9 Å². The van der Waals surface area contributed by atoms with Crippen LogP contribution in [0.4, 0.5) is 10.1 Å². The SMILES string of the molecule is C[C@H]1OCCN[C@@H]1C(=O)Nc1ccc(F)c(Br)c1. The largest absolute Gasteiger partial charge is 0.375 e. The zero-order valence-electron chi connectivity index (χ0n) is 9.87. The second-order valence-corrected chi connectivity index (χ2v) is 4.98. The first kappa shape index (κ1) is 13.5. The van der Waals surface area contributed by atoms with Gasteiger partial charge in [-0.3, -0.25) is 4.79 Å². The molecule has 0 unspecified atom stereocenters. The third kappa shape index (κ3) is 3.07. The molecule has 0 saturated carbocycles. The summed E-state index contributed by atoms with van der Waals surface area (Å²) in [4.78, 5) is 12.0. The van der Waals surface area contributed by atoms with Crippen LogP contribution in [0.2, 0.25) is 0 Å². The summed E-state index contributed by atoms with van der Waals surface area (Å²) in [5, 5.41) is 5.82. The van der Waals surface area contributed by atoms with E-state index in [-0.39, 0.29) is 23.9 Å². The summed E-state index contributed by atoms with van der Waals surface area (Å²) >= 11 is 3.08. The number of benzene rings is 1. The van der Waals surface area contributed by atoms with Crippen LogP contribution in [0.1, 0.15) is 6.92 Å². The van der Waals surface area contributed by atoms with Gasteiger partial charge in [-0.05, 0) is 41.1 Å². The number of carbonyl (C=O) groups is 1. The first-order valence-electron chi connectivity index (χ1n) is 5.69. The number of anilines is 1. The molecule has 1 heterocycles. The Balaban J connectivity index is 2.04. The molecule has 1 saturated heterocycles. The van der Waals surface area contributed by atoms with E-state index in [1.807, 2.05) is 6.92 Å². The molecular weight excluding hydrogens is 303 g/mol. The smallest absolute Gasteiger partial charge is 0.244 e. The third-order valence-corrected chi connectivity index (χ3v) is 3.39. The van der Waals surface area contributed by atoms with Gasteiger partial charge in [-0.1, -0.05) is 0 Å². The van der Waals surface area contributed by atoms with Crippen LogP contribution in [0.15, 0.2) is 22.7 Å². The van der Waals surface area contributed by atoms with Gasteiger partial charge in [0.05, 0.1) is 17.2 Å². The summed E-state index contributed by atoms with van der Waals surface area (Å²) in [6, 6.07) is 3.96. The Hall–Kier alpha value is -0.980. The Labute approximate surface area is 113 Å². The fraction of sp³-hybridized carbons (Fsp3) is 0.417. The first-order valence-corrected chi connectivity index (χ1v) is 6.48. The summed E-state index contributed by atoms with van der Waals surface area (Å²) in [6.45, 7) is 3.10. The Kier molecular flexibility index (Phi) is 4.31. The van der Waals surface area contributed by atoms with E-state index in [0.29, 0.717) is 23.3 Å². The van der Waals surface area contributed by atoms with Gasteiger partial charge in [0.25, 0.3) is 0 Å². The van der Waals surface area contributed by atoms with Gasteiger partial charge >= 0.3 is 0 Å². The lowest BCUT2D eigenvalue weighted by molar-refractivity contribution is -0.123. The zero-order chi connectivity index (χ0) is 13.1. The van der Waals surface area contributed by atoms with Crippen molar-refractivity contribution in [2.75, 3.05) is 18.5 Å². The summed E-state index contributed by atoms with van der Waals surface area (Å²) in [5.41, 5.74) is 0.549. The minimum atomic E-state index is -0.387. The molecule has 1 aromatic carbocycles. The predicted octanol–water partition coefficient (Wildman–Crippen LogP) is 1.90. The Morgan fingerprint density at radius 1 is 1.61 bits per heavy atom. The quantitative estimate of drug-likeness (QED) is 0.876. The number of rotatable bonds is 2. The van der Waals surface area contributed by atoms with Crippen LogP contribution < -0.4 is 10.6 Å². The van der Waals surface area contributed by atoms with Crippen molar-refractivity contribution >= 4 is 27.5 Å². The highest BCUT2D eigenvalue weighted by molar-refractivity contribution is 9.10. The summed E-state index contributed by atoms with van der Waals surface area (Å²) < 4.78 is 18.8. The summed E-state index contributed by atoms with van der Waals surface area (Å²) in [6.07, 6.45) is -0.178. The number of carbonyl (C=O) groups excluding carboxylic acids is 1. The maximum Gasteiger partial charge on any atom is 0.244 e. The van der Waals surface area contributed by atoms with Gasteiger partial charge in [0.2, 0.25) is 5.91 Å². The maximum absolute atomic E-state index is 13.1. The van der Waals surface area contributed by atoms with E-state index in [1.165, 1.54) is 18.2 Å². The highest BCUT2D eigenvalue weighted by Gasteiger charge is 2.28. The van der Waals surface area contributed by atoms with E-state index in [2.05, 4.69) is 26.6 Å². The lowest BCUT2D eigenvalue weighted by Gasteiger charge is -2.29. The Morgan fingerprint density at radius 2 is 2.39 bits per heavy atom. The zero-order valence-corrected chi connectivity index (χ0v) is 11.5. The molecule has 1 aliphatic rings. The highest BCUT2D eigenvalue weighted by Crippen LogP contribution is 2.20. The molecule has 1 aliphatic heterocycles. The molecular formula is C12H14BrFN2O2. The molecule has 0 aromatic heterocycles. The van der Waals surface area contributed by atoms with Crippen LogP contribution in [-0.2, 0) is 9.53 Å². The van der Waals surface area contributed by atoms with Crippen LogP contribution in [0, 0.1) is 5.82 Å². The molecule has 2 atom stereocenters. The van der Waals surface area contributed by atoms with Crippen LogP contribution in [-0.4, -0.2) is 31.2 Å². The number of ether oxygens (including phenoxy) is 1. The molecule has 0 bridgehead atoms. The van der Waals surface area contributed by atoms with E-state index in [9.17, 15) is 9.18 Å². The Morgan fingerprint density at radius 3 is 3.06 bits per heavy atom. The van der Waals surface area contributed by atoms with Gasteiger partial charge < -0.3 is 15.4 Å². The van der Waals surface area contributed by atoms with Crippen molar-refractivity contribution in [2.24, 2.45) is 0 Å². The number of nitrogens with one attached hydrogen (secondary N) is 2. The Bertz CT molecular complexity index is 456. The van der Waals surface area contributed by atoms with Crippen LogP contribution in [0.3, 0.4) is 0 Å². The summed E-state index contributed by atoms with van der Waals surface area (Å²) in [5.74, 6) is -0.541. The molecule has 2 N–H and O–H groups in total. The molecule has 0 aliphatic carbocycles. The summed E-state index contributed by atoms with van der Waals surface area (Å²) in [7, 11) is 0. The van der Waals surface area contributed by atoms with E-state index in [4.69, 9.17) is 4.74 Å².